The maximum atomic E-state index is 4.75. The standard InChI is InChI=1S/C16H31N3/c1-7-15(8-2)19-14(6)16(13(5)18-19)9-10-17-11-12(3)4/h12,15,17H,7-11H2,1-6H3. The van der Waals surface area contributed by atoms with Crippen LogP contribution in [-0.2, 0) is 6.42 Å². The van der Waals surface area contributed by atoms with Crippen molar-refractivity contribution in [1.29, 1.82) is 0 Å². The van der Waals surface area contributed by atoms with Crippen molar-refractivity contribution in [3.8, 4) is 0 Å². The van der Waals surface area contributed by atoms with Crippen LogP contribution in [-0.4, -0.2) is 22.9 Å². The third-order valence-electron chi connectivity index (χ3n) is 3.87. The lowest BCUT2D eigenvalue weighted by Gasteiger charge is -2.15. The van der Waals surface area contributed by atoms with Crippen LogP contribution in [0.1, 0.15) is 63.5 Å². The molecule has 0 radical (unpaired) electrons. The van der Waals surface area contributed by atoms with E-state index in [1.54, 1.807) is 0 Å². The topological polar surface area (TPSA) is 29.9 Å². The molecule has 0 aliphatic rings. The summed E-state index contributed by atoms with van der Waals surface area (Å²) in [5.41, 5.74) is 4.00. The molecule has 3 heteroatoms. The Morgan fingerprint density at radius 2 is 1.79 bits per heavy atom. The molecule has 110 valence electrons. The fraction of sp³-hybridized carbons (Fsp3) is 0.812. The molecular formula is C16H31N3. The van der Waals surface area contributed by atoms with Crippen LogP contribution in [0.4, 0.5) is 0 Å². The van der Waals surface area contributed by atoms with Gasteiger partial charge >= 0.3 is 0 Å². The molecule has 0 atom stereocenters. The van der Waals surface area contributed by atoms with Crippen LogP contribution in [0.5, 0.6) is 0 Å². The molecule has 0 unspecified atom stereocenters. The van der Waals surface area contributed by atoms with E-state index >= 15 is 0 Å². The molecule has 19 heavy (non-hydrogen) atoms. The molecule has 1 aromatic rings. The molecule has 0 aromatic carbocycles. The fourth-order valence-electron chi connectivity index (χ4n) is 2.65. The van der Waals surface area contributed by atoms with Crippen molar-refractivity contribution in [3.05, 3.63) is 17.0 Å². The lowest BCUT2D eigenvalue weighted by Crippen LogP contribution is -2.22. The van der Waals surface area contributed by atoms with Crippen molar-refractivity contribution in [1.82, 2.24) is 15.1 Å². The second-order valence-electron chi connectivity index (χ2n) is 5.91. The largest absolute Gasteiger partial charge is 0.316 e. The molecule has 0 saturated carbocycles. The SMILES string of the molecule is CCC(CC)n1nc(C)c(CCNCC(C)C)c1C. The molecular weight excluding hydrogens is 234 g/mol. The van der Waals surface area contributed by atoms with Crippen LogP contribution in [0.15, 0.2) is 0 Å². The molecule has 0 amide bonds. The molecule has 0 aliphatic heterocycles. The van der Waals surface area contributed by atoms with E-state index in [0.717, 1.165) is 38.3 Å². The second-order valence-corrected chi connectivity index (χ2v) is 5.91. The average Bonchev–Trinajstić information content (AvgIpc) is 2.63. The first-order chi connectivity index (χ1) is 9.01. The fourth-order valence-corrected chi connectivity index (χ4v) is 2.65. The van der Waals surface area contributed by atoms with Crippen molar-refractivity contribution >= 4 is 0 Å². The molecule has 0 bridgehead atoms. The van der Waals surface area contributed by atoms with Crippen LogP contribution in [0.25, 0.3) is 0 Å². The Morgan fingerprint density at radius 1 is 1.16 bits per heavy atom. The Bertz CT molecular complexity index is 376. The van der Waals surface area contributed by atoms with Gasteiger partial charge in [0, 0.05) is 5.69 Å². The summed E-state index contributed by atoms with van der Waals surface area (Å²) in [6.45, 7) is 15.5. The van der Waals surface area contributed by atoms with Crippen molar-refractivity contribution in [2.75, 3.05) is 13.1 Å². The molecule has 0 fully saturated rings. The molecule has 1 heterocycles. The molecule has 1 rings (SSSR count). The molecule has 1 aromatic heterocycles. The number of aromatic nitrogens is 2. The van der Waals surface area contributed by atoms with Crippen molar-refractivity contribution in [3.63, 3.8) is 0 Å². The summed E-state index contributed by atoms with van der Waals surface area (Å²) in [5, 5.41) is 8.27. The number of rotatable bonds is 8. The first-order valence-corrected chi connectivity index (χ1v) is 7.76. The molecule has 0 saturated heterocycles. The highest BCUT2D eigenvalue weighted by Crippen LogP contribution is 2.22. The summed E-state index contributed by atoms with van der Waals surface area (Å²) in [7, 11) is 0. The summed E-state index contributed by atoms with van der Waals surface area (Å²) in [6, 6.07) is 0.552. The number of hydrogen-bond acceptors (Lipinski definition) is 2. The zero-order chi connectivity index (χ0) is 14.4. The van der Waals surface area contributed by atoms with E-state index in [9.17, 15) is 0 Å². The highest BCUT2D eigenvalue weighted by molar-refractivity contribution is 5.25. The first-order valence-electron chi connectivity index (χ1n) is 7.76. The first kappa shape index (κ1) is 16.2. The third kappa shape index (κ3) is 4.34. The monoisotopic (exact) mass is 265 g/mol. The van der Waals surface area contributed by atoms with Crippen LogP contribution in [0.3, 0.4) is 0 Å². The Hall–Kier alpha value is -0.830. The van der Waals surface area contributed by atoms with E-state index in [1.807, 2.05) is 0 Å². The molecule has 3 nitrogen and oxygen atoms in total. The third-order valence-corrected chi connectivity index (χ3v) is 3.87. The Balaban J connectivity index is 2.68. The van der Waals surface area contributed by atoms with E-state index in [4.69, 9.17) is 5.10 Å². The number of hydrogen-bond donors (Lipinski definition) is 1. The van der Waals surface area contributed by atoms with Gasteiger partial charge < -0.3 is 5.32 Å². The van der Waals surface area contributed by atoms with Gasteiger partial charge in [-0.3, -0.25) is 4.68 Å². The molecule has 0 aliphatic carbocycles. The Labute approximate surface area is 118 Å². The van der Waals surface area contributed by atoms with Crippen molar-refractivity contribution in [2.45, 2.75) is 66.8 Å². The van der Waals surface area contributed by atoms with Crippen molar-refractivity contribution in [2.24, 2.45) is 5.92 Å². The molecule has 1 N–H and O–H groups in total. The maximum absolute atomic E-state index is 4.75. The normalized spacial score (nSPS) is 11.8. The number of nitrogens with zero attached hydrogens (tertiary/aromatic N) is 2. The smallest absolute Gasteiger partial charge is 0.0629 e. The summed E-state index contributed by atoms with van der Waals surface area (Å²) in [4.78, 5) is 0. The zero-order valence-corrected chi connectivity index (χ0v) is 13.6. The van der Waals surface area contributed by atoms with Gasteiger partial charge in [0.05, 0.1) is 11.7 Å². The zero-order valence-electron chi connectivity index (χ0n) is 13.6. The van der Waals surface area contributed by atoms with Crippen LogP contribution < -0.4 is 5.32 Å². The minimum absolute atomic E-state index is 0.552. The van der Waals surface area contributed by atoms with Crippen LogP contribution in [0, 0.1) is 19.8 Å². The summed E-state index contributed by atoms with van der Waals surface area (Å²) in [5.74, 6) is 0.717. The summed E-state index contributed by atoms with van der Waals surface area (Å²) >= 11 is 0. The lowest BCUT2D eigenvalue weighted by molar-refractivity contribution is 0.418. The van der Waals surface area contributed by atoms with Gasteiger partial charge in [-0.15, -0.1) is 0 Å². The Kier molecular flexibility index (Phi) is 6.56. The summed E-state index contributed by atoms with van der Waals surface area (Å²) < 4.78 is 2.24. The second kappa shape index (κ2) is 7.68. The predicted molar refractivity (Wildman–Crippen MR) is 82.7 cm³/mol. The minimum Gasteiger partial charge on any atom is -0.316 e. The van der Waals surface area contributed by atoms with Gasteiger partial charge in [-0.25, -0.2) is 0 Å². The van der Waals surface area contributed by atoms with Gasteiger partial charge in [0.2, 0.25) is 0 Å². The van der Waals surface area contributed by atoms with Gasteiger partial charge in [-0.1, -0.05) is 27.7 Å². The van der Waals surface area contributed by atoms with E-state index in [-0.39, 0.29) is 0 Å². The number of aryl methyl sites for hydroxylation is 1. The van der Waals surface area contributed by atoms with E-state index in [2.05, 4.69) is 51.5 Å². The highest BCUT2D eigenvalue weighted by atomic mass is 15.3. The van der Waals surface area contributed by atoms with Gasteiger partial charge in [0.15, 0.2) is 0 Å². The lowest BCUT2D eigenvalue weighted by atomic mass is 10.1. The van der Waals surface area contributed by atoms with E-state index in [1.165, 1.54) is 17.0 Å². The quantitative estimate of drug-likeness (QED) is 0.727. The maximum Gasteiger partial charge on any atom is 0.0629 e. The highest BCUT2D eigenvalue weighted by Gasteiger charge is 2.15. The van der Waals surface area contributed by atoms with Crippen LogP contribution in [0.2, 0.25) is 0 Å². The predicted octanol–water partition coefficient (Wildman–Crippen LogP) is 3.65. The van der Waals surface area contributed by atoms with Crippen LogP contribution >= 0.6 is 0 Å². The van der Waals surface area contributed by atoms with Crippen molar-refractivity contribution < 1.29 is 0 Å². The van der Waals surface area contributed by atoms with Gasteiger partial charge in [-0.05, 0) is 57.7 Å². The minimum atomic E-state index is 0.552. The number of nitrogens with one attached hydrogen (secondary N) is 1. The van der Waals surface area contributed by atoms with Gasteiger partial charge in [-0.2, -0.15) is 5.10 Å². The Morgan fingerprint density at radius 3 is 2.32 bits per heavy atom. The summed E-state index contributed by atoms with van der Waals surface area (Å²) in [6.07, 6.45) is 3.40. The van der Waals surface area contributed by atoms with E-state index < -0.39 is 0 Å². The van der Waals surface area contributed by atoms with E-state index in [0.29, 0.717) is 6.04 Å². The average molecular weight is 265 g/mol. The van der Waals surface area contributed by atoms with Gasteiger partial charge in [0.25, 0.3) is 0 Å². The van der Waals surface area contributed by atoms with Gasteiger partial charge in [0.1, 0.15) is 0 Å². The molecule has 0 spiro atoms.